The van der Waals surface area contributed by atoms with Crippen LogP contribution in [0.15, 0.2) is 24.5 Å². The minimum absolute atomic E-state index is 0.0730. The standard InChI is InChI=1S/C9H14INO/c1-5-8(11)7(6-12-10)9(2,3)4/h5-6,11H,1H2,2-4H3/b7-6+,11-8?. The Morgan fingerprint density at radius 1 is 1.50 bits per heavy atom. The van der Waals surface area contributed by atoms with Crippen LogP contribution in [0.3, 0.4) is 0 Å². The molecule has 0 amide bonds. The van der Waals surface area contributed by atoms with Gasteiger partial charge in [0.1, 0.15) is 6.26 Å². The first kappa shape index (κ1) is 11.7. The second-order valence-electron chi connectivity index (χ2n) is 3.49. The largest absolute Gasteiger partial charge is 0.435 e. The molecule has 0 atom stereocenters. The molecule has 0 bridgehead atoms. The normalized spacial score (nSPS) is 12.5. The third-order valence-corrected chi connectivity index (χ3v) is 1.72. The van der Waals surface area contributed by atoms with Crippen LogP contribution in [0.1, 0.15) is 20.8 Å². The molecule has 68 valence electrons. The van der Waals surface area contributed by atoms with E-state index in [-0.39, 0.29) is 5.41 Å². The maximum Gasteiger partial charge on any atom is 0.191 e. The lowest BCUT2D eigenvalue weighted by Gasteiger charge is -2.21. The molecule has 12 heavy (non-hydrogen) atoms. The van der Waals surface area contributed by atoms with Gasteiger partial charge >= 0.3 is 0 Å². The first-order valence-electron chi connectivity index (χ1n) is 3.63. The van der Waals surface area contributed by atoms with Crippen molar-refractivity contribution < 1.29 is 3.07 Å². The van der Waals surface area contributed by atoms with Crippen LogP contribution in [0.2, 0.25) is 0 Å². The Hall–Kier alpha value is -0.320. The quantitative estimate of drug-likeness (QED) is 0.479. The summed E-state index contributed by atoms with van der Waals surface area (Å²) in [5.41, 5.74) is 1.20. The van der Waals surface area contributed by atoms with Crippen molar-refractivity contribution in [2.75, 3.05) is 0 Å². The third kappa shape index (κ3) is 3.38. The van der Waals surface area contributed by atoms with Gasteiger partial charge in [0.2, 0.25) is 0 Å². The number of allylic oxidation sites excluding steroid dienone is 2. The predicted octanol–water partition coefficient (Wildman–Crippen LogP) is 3.49. The van der Waals surface area contributed by atoms with Gasteiger partial charge in [-0.15, -0.1) is 0 Å². The zero-order valence-corrected chi connectivity index (χ0v) is 9.81. The van der Waals surface area contributed by atoms with Crippen LogP contribution in [0.5, 0.6) is 0 Å². The highest BCUT2D eigenvalue weighted by atomic mass is 127. The summed E-state index contributed by atoms with van der Waals surface area (Å²) in [5, 5.41) is 7.58. The van der Waals surface area contributed by atoms with Gasteiger partial charge in [0, 0.05) is 5.57 Å². The second kappa shape index (κ2) is 4.64. The summed E-state index contributed by atoms with van der Waals surface area (Å²) in [7, 11) is 0. The van der Waals surface area contributed by atoms with E-state index < -0.39 is 0 Å². The molecule has 0 aliphatic rings. The fourth-order valence-electron chi connectivity index (χ4n) is 0.799. The van der Waals surface area contributed by atoms with E-state index >= 15 is 0 Å². The molecule has 0 saturated carbocycles. The van der Waals surface area contributed by atoms with Crippen molar-refractivity contribution in [3.63, 3.8) is 0 Å². The van der Waals surface area contributed by atoms with Gasteiger partial charge in [-0.05, 0) is 11.5 Å². The molecule has 0 heterocycles. The fraction of sp³-hybridized carbons (Fsp3) is 0.444. The maximum atomic E-state index is 7.58. The highest BCUT2D eigenvalue weighted by Crippen LogP contribution is 2.26. The maximum absolute atomic E-state index is 7.58. The van der Waals surface area contributed by atoms with Crippen LogP contribution >= 0.6 is 23.0 Å². The van der Waals surface area contributed by atoms with Crippen molar-refractivity contribution in [2.24, 2.45) is 5.41 Å². The Kier molecular flexibility index (Phi) is 4.52. The van der Waals surface area contributed by atoms with E-state index in [1.807, 2.05) is 20.8 Å². The Balaban J connectivity index is 4.81. The van der Waals surface area contributed by atoms with Crippen LogP contribution in [0.4, 0.5) is 0 Å². The van der Waals surface area contributed by atoms with Crippen molar-refractivity contribution in [2.45, 2.75) is 20.8 Å². The fourth-order valence-corrected chi connectivity index (χ4v) is 1.05. The van der Waals surface area contributed by atoms with E-state index in [0.717, 1.165) is 5.57 Å². The summed E-state index contributed by atoms with van der Waals surface area (Å²) in [5.74, 6) is 0. The average Bonchev–Trinajstić information content (AvgIpc) is 1.96. The number of hydrogen-bond acceptors (Lipinski definition) is 2. The molecule has 0 fully saturated rings. The van der Waals surface area contributed by atoms with E-state index in [0.29, 0.717) is 5.71 Å². The lowest BCUT2D eigenvalue weighted by molar-refractivity contribution is 0.500. The molecule has 1 N–H and O–H groups in total. The number of nitrogens with one attached hydrogen (secondary N) is 1. The first-order valence-corrected chi connectivity index (χ1v) is 4.51. The van der Waals surface area contributed by atoms with Crippen molar-refractivity contribution in [1.29, 1.82) is 5.41 Å². The van der Waals surface area contributed by atoms with E-state index in [1.54, 1.807) is 29.3 Å². The zero-order chi connectivity index (χ0) is 9.78. The number of hydrogen-bond donors (Lipinski definition) is 1. The van der Waals surface area contributed by atoms with Gasteiger partial charge in [0.05, 0.1) is 5.71 Å². The molecule has 0 aromatic carbocycles. The highest BCUT2D eigenvalue weighted by molar-refractivity contribution is 14.1. The molecule has 0 spiro atoms. The summed E-state index contributed by atoms with van der Waals surface area (Å²) in [4.78, 5) is 0. The van der Waals surface area contributed by atoms with Crippen LogP contribution in [0, 0.1) is 10.8 Å². The van der Waals surface area contributed by atoms with Crippen LogP contribution in [-0.2, 0) is 3.07 Å². The van der Waals surface area contributed by atoms with Gasteiger partial charge in [0.15, 0.2) is 23.0 Å². The zero-order valence-electron chi connectivity index (χ0n) is 7.65. The number of halogens is 1. The molecule has 0 aliphatic carbocycles. The summed E-state index contributed by atoms with van der Waals surface area (Å²) in [6, 6.07) is 0. The molecule has 0 aliphatic heterocycles. The lowest BCUT2D eigenvalue weighted by Crippen LogP contribution is -2.15. The smallest absolute Gasteiger partial charge is 0.191 e. The minimum Gasteiger partial charge on any atom is -0.435 e. The van der Waals surface area contributed by atoms with Crippen molar-refractivity contribution in [1.82, 2.24) is 0 Å². The predicted molar refractivity (Wildman–Crippen MR) is 60.6 cm³/mol. The number of rotatable bonds is 3. The minimum atomic E-state index is -0.0730. The van der Waals surface area contributed by atoms with Crippen LogP contribution in [-0.4, -0.2) is 5.71 Å². The van der Waals surface area contributed by atoms with Crippen molar-refractivity contribution >= 4 is 28.7 Å². The molecular weight excluding hydrogens is 265 g/mol. The molecule has 2 nitrogen and oxygen atoms in total. The first-order chi connectivity index (χ1) is 5.43. The summed E-state index contributed by atoms with van der Waals surface area (Å²) < 4.78 is 4.87. The van der Waals surface area contributed by atoms with Gasteiger partial charge in [-0.2, -0.15) is 0 Å². The van der Waals surface area contributed by atoms with Gasteiger partial charge < -0.3 is 8.48 Å². The van der Waals surface area contributed by atoms with E-state index in [9.17, 15) is 0 Å². The van der Waals surface area contributed by atoms with Crippen molar-refractivity contribution in [3.8, 4) is 0 Å². The Labute approximate surface area is 87.9 Å². The highest BCUT2D eigenvalue weighted by Gasteiger charge is 2.19. The second-order valence-corrected chi connectivity index (χ2v) is 4.00. The molecule has 0 radical (unpaired) electrons. The average molecular weight is 279 g/mol. The molecule has 0 unspecified atom stereocenters. The summed E-state index contributed by atoms with van der Waals surface area (Å²) in [6.07, 6.45) is 3.11. The molecule has 0 saturated heterocycles. The van der Waals surface area contributed by atoms with E-state index in [1.165, 1.54) is 6.08 Å². The molecule has 0 aromatic heterocycles. The molecule has 0 aromatic rings. The topological polar surface area (TPSA) is 33.1 Å². The molecule has 3 heteroatoms. The van der Waals surface area contributed by atoms with Crippen LogP contribution in [0.25, 0.3) is 0 Å². The lowest BCUT2D eigenvalue weighted by atomic mass is 9.84. The van der Waals surface area contributed by atoms with Gasteiger partial charge in [-0.1, -0.05) is 27.4 Å². The Morgan fingerprint density at radius 3 is 2.25 bits per heavy atom. The van der Waals surface area contributed by atoms with Gasteiger partial charge in [0.25, 0.3) is 0 Å². The van der Waals surface area contributed by atoms with Gasteiger partial charge in [-0.3, -0.25) is 0 Å². The van der Waals surface area contributed by atoms with E-state index in [4.69, 9.17) is 8.48 Å². The Bertz CT molecular complexity index is 213. The summed E-state index contributed by atoms with van der Waals surface area (Å²) in [6.45, 7) is 9.66. The SMILES string of the molecule is C=CC(=N)/C(=C\OI)C(C)(C)C. The monoisotopic (exact) mass is 279 g/mol. The van der Waals surface area contributed by atoms with Crippen LogP contribution < -0.4 is 0 Å². The third-order valence-electron chi connectivity index (χ3n) is 1.46. The molecule has 0 rings (SSSR count). The van der Waals surface area contributed by atoms with Crippen molar-refractivity contribution in [3.05, 3.63) is 24.5 Å². The summed E-state index contributed by atoms with van der Waals surface area (Å²) >= 11 is 1.78. The molecular formula is C9H14INO. The Morgan fingerprint density at radius 2 is 2.00 bits per heavy atom. The van der Waals surface area contributed by atoms with E-state index in [2.05, 4.69) is 6.58 Å². The van der Waals surface area contributed by atoms with Gasteiger partial charge in [-0.25, -0.2) is 0 Å².